The van der Waals surface area contributed by atoms with E-state index < -0.39 is 17.6 Å². The fraction of sp³-hybridized carbons (Fsp3) is 0.250. The lowest BCUT2D eigenvalue weighted by Crippen LogP contribution is -2.44. The number of aromatic nitrogens is 1. The van der Waals surface area contributed by atoms with Gasteiger partial charge in [-0.25, -0.2) is 0 Å². The zero-order chi connectivity index (χ0) is 19.5. The molecule has 27 heavy (non-hydrogen) atoms. The van der Waals surface area contributed by atoms with Crippen LogP contribution < -0.4 is 10.2 Å². The summed E-state index contributed by atoms with van der Waals surface area (Å²) in [5.74, 6) is -1.16. The molecule has 7 heteroatoms. The summed E-state index contributed by atoms with van der Waals surface area (Å²) in [4.78, 5) is 30.7. The third-order valence-electron chi connectivity index (χ3n) is 4.98. The van der Waals surface area contributed by atoms with Gasteiger partial charge in [0.05, 0.1) is 22.4 Å². The molecule has 138 valence electrons. The Bertz CT molecular complexity index is 1070. The number of benzene rings is 1. The van der Waals surface area contributed by atoms with Crippen molar-refractivity contribution in [3.05, 3.63) is 41.6 Å². The molecular weight excluding hydrogens is 346 g/mol. The lowest BCUT2D eigenvalue weighted by molar-refractivity contribution is -0.123. The summed E-state index contributed by atoms with van der Waals surface area (Å²) in [7, 11) is 0. The number of nitrogens with one attached hydrogen (secondary N) is 1. The number of pyridine rings is 1. The molecule has 0 fully saturated rings. The van der Waals surface area contributed by atoms with Gasteiger partial charge in [0.25, 0.3) is 11.8 Å². The predicted octanol–water partition coefficient (Wildman–Crippen LogP) is 2.26. The quantitative estimate of drug-likeness (QED) is 0.709. The van der Waals surface area contributed by atoms with E-state index in [0.717, 1.165) is 5.69 Å². The number of carbonyl (C=O) groups is 2. The Labute approximate surface area is 155 Å². The molecule has 3 N–H and O–H groups in total. The molecule has 0 bridgehead atoms. The first-order valence-electron chi connectivity index (χ1n) is 8.61. The summed E-state index contributed by atoms with van der Waals surface area (Å²) in [6.07, 6.45) is 5.68. The number of hydrogen-bond acceptors (Lipinski definition) is 5. The number of carbonyl (C=O) groups excluding carboxylic acids is 2. The highest BCUT2D eigenvalue weighted by molar-refractivity contribution is 6.17. The van der Waals surface area contributed by atoms with Crippen LogP contribution in [0.2, 0.25) is 0 Å². The Kier molecular flexibility index (Phi) is 3.61. The highest BCUT2D eigenvalue weighted by atomic mass is 16.3. The molecule has 2 aliphatic heterocycles. The van der Waals surface area contributed by atoms with E-state index in [-0.39, 0.29) is 17.3 Å². The van der Waals surface area contributed by atoms with Gasteiger partial charge in [-0.05, 0) is 39.0 Å². The maximum absolute atomic E-state index is 12.5. The lowest BCUT2D eigenvalue weighted by Gasteiger charge is -2.37. The van der Waals surface area contributed by atoms with Crippen LogP contribution in [0, 0.1) is 6.92 Å². The maximum atomic E-state index is 12.5. The van der Waals surface area contributed by atoms with Crippen LogP contribution in [0.25, 0.3) is 17.0 Å². The number of amides is 2. The normalized spacial score (nSPS) is 21.3. The summed E-state index contributed by atoms with van der Waals surface area (Å²) in [5.41, 5.74) is 1.64. The average Bonchev–Trinajstić information content (AvgIpc) is 2.93. The van der Waals surface area contributed by atoms with Crippen LogP contribution in [0.4, 0.5) is 11.4 Å². The molecule has 2 unspecified atom stereocenters. The van der Waals surface area contributed by atoms with Crippen LogP contribution in [-0.2, 0) is 9.59 Å². The molecule has 0 spiro atoms. The van der Waals surface area contributed by atoms with E-state index in [1.54, 1.807) is 18.2 Å². The van der Waals surface area contributed by atoms with Gasteiger partial charge in [-0.3, -0.25) is 19.5 Å². The number of hydrogen-bond donors (Lipinski definition) is 3. The first-order valence-corrected chi connectivity index (χ1v) is 8.61. The number of phenolic OH excluding ortho intramolecular Hbond substituents is 1. The van der Waals surface area contributed by atoms with Gasteiger partial charge in [0.2, 0.25) is 0 Å². The summed E-state index contributed by atoms with van der Waals surface area (Å²) in [6.45, 7) is 5.03. The number of aliphatic hydroxyl groups excluding tert-OH is 1. The van der Waals surface area contributed by atoms with E-state index in [2.05, 4.69) is 10.3 Å². The smallest absolute Gasteiger partial charge is 0.253 e. The van der Waals surface area contributed by atoms with Crippen LogP contribution in [0.3, 0.4) is 0 Å². The molecule has 0 saturated heterocycles. The Balaban J connectivity index is 2.06. The topological polar surface area (TPSA) is 103 Å². The minimum absolute atomic E-state index is 0.125. The second-order valence-electron chi connectivity index (χ2n) is 7.07. The molecule has 2 aliphatic rings. The van der Waals surface area contributed by atoms with E-state index in [1.165, 1.54) is 17.9 Å². The van der Waals surface area contributed by atoms with Gasteiger partial charge in [0, 0.05) is 22.7 Å². The van der Waals surface area contributed by atoms with Crippen LogP contribution in [-0.4, -0.2) is 38.7 Å². The maximum Gasteiger partial charge on any atom is 0.253 e. The van der Waals surface area contributed by atoms with Crippen molar-refractivity contribution in [1.82, 2.24) is 4.98 Å². The van der Waals surface area contributed by atoms with Crippen molar-refractivity contribution in [3.8, 4) is 5.75 Å². The standard InChI is InChI=1S/C20H19N3O4/c1-10-4-5-12-15(21-10)13-6-8-20(3)9-7-14(25)23(20)17(13)18(26)16(12)22-19(27)11(2)24/h4-9,11,24,26H,1-3H3,(H,22,27). The van der Waals surface area contributed by atoms with Crippen molar-refractivity contribution in [2.75, 3.05) is 10.2 Å². The van der Waals surface area contributed by atoms with Gasteiger partial charge < -0.3 is 15.5 Å². The SMILES string of the molecule is Cc1ccc2c(NC(=O)C(C)O)c(O)c3c(c2n1)C=CC1(C)C=CC(=O)N31. The van der Waals surface area contributed by atoms with Crippen molar-refractivity contribution in [3.63, 3.8) is 0 Å². The predicted molar refractivity (Wildman–Crippen MR) is 103 cm³/mol. The monoisotopic (exact) mass is 365 g/mol. The van der Waals surface area contributed by atoms with Crippen molar-refractivity contribution < 1.29 is 19.8 Å². The molecule has 0 aliphatic carbocycles. The first kappa shape index (κ1) is 17.2. The zero-order valence-corrected chi connectivity index (χ0v) is 15.1. The van der Waals surface area contributed by atoms with E-state index >= 15 is 0 Å². The van der Waals surface area contributed by atoms with Crippen molar-refractivity contribution in [2.45, 2.75) is 32.4 Å². The zero-order valence-electron chi connectivity index (χ0n) is 15.1. The van der Waals surface area contributed by atoms with Crippen LogP contribution >= 0.6 is 0 Å². The number of fused-ring (bicyclic) bond motifs is 5. The van der Waals surface area contributed by atoms with E-state index in [1.807, 2.05) is 26.0 Å². The van der Waals surface area contributed by atoms with Crippen molar-refractivity contribution >= 4 is 40.2 Å². The number of aromatic hydroxyl groups is 1. The largest absolute Gasteiger partial charge is 0.504 e. The van der Waals surface area contributed by atoms with Crippen LogP contribution in [0.15, 0.2) is 30.4 Å². The molecule has 2 atom stereocenters. The fourth-order valence-electron chi connectivity index (χ4n) is 3.55. The molecule has 1 aromatic heterocycles. The highest BCUT2D eigenvalue weighted by Gasteiger charge is 2.42. The van der Waals surface area contributed by atoms with E-state index in [0.29, 0.717) is 22.2 Å². The second kappa shape index (κ2) is 5.65. The second-order valence-corrected chi connectivity index (χ2v) is 7.07. The number of phenols is 1. The van der Waals surface area contributed by atoms with E-state index in [9.17, 15) is 19.8 Å². The molecule has 0 radical (unpaired) electrons. The van der Waals surface area contributed by atoms with Gasteiger partial charge in [-0.15, -0.1) is 0 Å². The van der Waals surface area contributed by atoms with Gasteiger partial charge in [0.1, 0.15) is 6.10 Å². The lowest BCUT2D eigenvalue weighted by atomic mass is 9.91. The summed E-state index contributed by atoms with van der Waals surface area (Å²) < 4.78 is 0. The van der Waals surface area contributed by atoms with Gasteiger partial charge >= 0.3 is 0 Å². The van der Waals surface area contributed by atoms with Gasteiger partial charge in [-0.2, -0.15) is 0 Å². The minimum atomic E-state index is -1.26. The number of nitrogens with zero attached hydrogens (tertiary/aromatic N) is 2. The summed E-state index contributed by atoms with van der Waals surface area (Å²) >= 11 is 0. The molecule has 2 aromatic rings. The van der Waals surface area contributed by atoms with Crippen molar-refractivity contribution in [1.29, 1.82) is 0 Å². The molecular formula is C20H19N3O4. The first-order chi connectivity index (χ1) is 12.7. The minimum Gasteiger partial charge on any atom is -0.504 e. The van der Waals surface area contributed by atoms with Crippen LogP contribution in [0.1, 0.15) is 25.1 Å². The van der Waals surface area contributed by atoms with Crippen molar-refractivity contribution in [2.24, 2.45) is 0 Å². The number of rotatable bonds is 2. The number of aliphatic hydroxyl groups is 1. The van der Waals surface area contributed by atoms with E-state index in [4.69, 9.17) is 0 Å². The molecule has 1 aromatic carbocycles. The number of anilines is 2. The third kappa shape index (κ3) is 2.43. The fourth-order valence-corrected chi connectivity index (χ4v) is 3.55. The van der Waals surface area contributed by atoms with Gasteiger partial charge in [0.15, 0.2) is 5.75 Å². The molecule has 7 nitrogen and oxygen atoms in total. The Morgan fingerprint density at radius 2 is 2.00 bits per heavy atom. The Morgan fingerprint density at radius 3 is 2.70 bits per heavy atom. The molecule has 3 heterocycles. The molecule has 0 saturated carbocycles. The average molecular weight is 365 g/mol. The summed E-state index contributed by atoms with van der Waals surface area (Å²) in [6, 6.07) is 3.52. The van der Waals surface area contributed by atoms with Crippen LogP contribution in [0.5, 0.6) is 5.75 Å². The Morgan fingerprint density at radius 1 is 1.30 bits per heavy atom. The Hall–Kier alpha value is -3.19. The highest BCUT2D eigenvalue weighted by Crippen LogP contribution is 2.50. The third-order valence-corrected chi connectivity index (χ3v) is 4.98. The van der Waals surface area contributed by atoms with Gasteiger partial charge in [-0.1, -0.05) is 12.2 Å². The number of aryl methyl sites for hydroxylation is 1. The molecule has 4 rings (SSSR count). The molecule has 2 amide bonds. The summed E-state index contributed by atoms with van der Waals surface area (Å²) in [5, 5.41) is 23.7.